The summed E-state index contributed by atoms with van der Waals surface area (Å²) in [7, 11) is 1.95. The van der Waals surface area contributed by atoms with Crippen LogP contribution in [0.4, 0.5) is 0 Å². The summed E-state index contributed by atoms with van der Waals surface area (Å²) >= 11 is 0. The minimum absolute atomic E-state index is 0. The lowest BCUT2D eigenvalue weighted by Crippen LogP contribution is -1.91. The third kappa shape index (κ3) is 0.518. The summed E-state index contributed by atoms with van der Waals surface area (Å²) < 4.78 is 1.88. The second-order valence-corrected chi connectivity index (χ2v) is 2.45. The molecule has 3 heteroatoms. The number of hydrogen-bond donors (Lipinski definition) is 1. The van der Waals surface area contributed by atoms with Gasteiger partial charge < -0.3 is 4.98 Å². The number of H-pyrrole nitrogens is 1. The molecule has 2 aromatic rings. The fourth-order valence-corrected chi connectivity index (χ4v) is 1.13. The molecule has 3 nitrogen and oxygen atoms in total. The van der Waals surface area contributed by atoms with Crippen LogP contribution in [0, 0.1) is 6.92 Å². The van der Waals surface area contributed by atoms with Crippen molar-refractivity contribution in [3.8, 4) is 0 Å². The highest BCUT2D eigenvalue weighted by molar-refractivity contribution is 5.78. The van der Waals surface area contributed by atoms with E-state index in [-0.39, 0.29) is 1.43 Å². The lowest BCUT2D eigenvalue weighted by atomic mass is 10.3. The van der Waals surface area contributed by atoms with Gasteiger partial charge in [0, 0.05) is 25.8 Å². The van der Waals surface area contributed by atoms with E-state index in [1.54, 1.807) is 0 Å². The average Bonchev–Trinajstić information content (AvgIpc) is 2.41. The summed E-state index contributed by atoms with van der Waals surface area (Å²) in [5.74, 6) is 0. The minimum atomic E-state index is 0. The van der Waals surface area contributed by atoms with Crippen LogP contribution in [-0.4, -0.2) is 14.8 Å². The van der Waals surface area contributed by atoms with Crippen LogP contribution in [0.25, 0.3) is 11.0 Å². The van der Waals surface area contributed by atoms with E-state index in [2.05, 4.69) is 17.0 Å². The molecule has 0 bridgehead atoms. The Morgan fingerprint density at radius 2 is 2.50 bits per heavy atom. The molecular formula is C7H11N3. The molecule has 10 heavy (non-hydrogen) atoms. The third-order valence-electron chi connectivity index (χ3n) is 1.85. The Morgan fingerprint density at radius 3 is 3.20 bits per heavy atom. The predicted octanol–water partition coefficient (Wildman–Crippen LogP) is 1.46. The van der Waals surface area contributed by atoms with Gasteiger partial charge in [-0.25, -0.2) is 0 Å². The third-order valence-corrected chi connectivity index (χ3v) is 1.85. The first-order valence-electron chi connectivity index (χ1n) is 3.26. The Balaban J connectivity index is 0.000000605. The van der Waals surface area contributed by atoms with Crippen LogP contribution in [-0.2, 0) is 7.05 Å². The van der Waals surface area contributed by atoms with Crippen LogP contribution in [0.5, 0.6) is 0 Å². The Morgan fingerprint density at radius 1 is 1.70 bits per heavy atom. The smallest absolute Gasteiger partial charge is 0.159 e. The van der Waals surface area contributed by atoms with Crippen molar-refractivity contribution >= 4 is 11.0 Å². The van der Waals surface area contributed by atoms with Gasteiger partial charge in [0.2, 0.25) is 0 Å². The van der Waals surface area contributed by atoms with Gasteiger partial charge in [0.25, 0.3) is 0 Å². The summed E-state index contributed by atoms with van der Waals surface area (Å²) in [4.78, 5) is 3.05. The van der Waals surface area contributed by atoms with Crippen molar-refractivity contribution in [1.82, 2.24) is 14.8 Å². The van der Waals surface area contributed by atoms with Crippen molar-refractivity contribution in [2.75, 3.05) is 0 Å². The van der Waals surface area contributed by atoms with E-state index in [1.807, 2.05) is 24.0 Å². The number of nitrogens with zero attached hydrogens (tertiary/aromatic N) is 2. The highest BCUT2D eigenvalue weighted by atomic mass is 15.3. The zero-order valence-corrected chi connectivity index (χ0v) is 6.05. The molecule has 0 saturated carbocycles. The SMILES string of the molecule is Cc1c2cc[nH]c2nn1C.[HH]. The summed E-state index contributed by atoms with van der Waals surface area (Å²) in [6.45, 7) is 2.06. The number of aromatic amines is 1. The molecule has 0 amide bonds. The van der Waals surface area contributed by atoms with Crippen molar-refractivity contribution in [2.24, 2.45) is 7.05 Å². The molecule has 0 saturated heterocycles. The molecule has 1 N–H and O–H groups in total. The number of fused-ring (bicyclic) bond motifs is 1. The van der Waals surface area contributed by atoms with E-state index in [9.17, 15) is 0 Å². The summed E-state index contributed by atoms with van der Waals surface area (Å²) in [5, 5.41) is 5.44. The van der Waals surface area contributed by atoms with E-state index in [0.717, 1.165) is 5.65 Å². The molecule has 0 aliphatic heterocycles. The maximum atomic E-state index is 4.23. The molecule has 54 valence electrons. The van der Waals surface area contributed by atoms with Gasteiger partial charge in [-0.3, -0.25) is 4.68 Å². The molecule has 0 radical (unpaired) electrons. The number of rotatable bonds is 0. The first kappa shape index (κ1) is 5.53. The molecule has 0 atom stereocenters. The fraction of sp³-hybridized carbons (Fsp3) is 0.286. The molecule has 2 aromatic heterocycles. The first-order chi connectivity index (χ1) is 4.79. The van der Waals surface area contributed by atoms with Crippen molar-refractivity contribution in [3.63, 3.8) is 0 Å². The average molecular weight is 137 g/mol. The van der Waals surface area contributed by atoms with Gasteiger partial charge in [-0.2, -0.15) is 5.10 Å². The quantitative estimate of drug-likeness (QED) is 0.586. The van der Waals surface area contributed by atoms with E-state index >= 15 is 0 Å². The van der Waals surface area contributed by atoms with E-state index in [0.29, 0.717) is 0 Å². The van der Waals surface area contributed by atoms with Crippen LogP contribution < -0.4 is 0 Å². The van der Waals surface area contributed by atoms with Crippen molar-refractivity contribution in [1.29, 1.82) is 0 Å². The minimum Gasteiger partial charge on any atom is -0.345 e. The number of hydrogen-bond acceptors (Lipinski definition) is 1. The zero-order valence-electron chi connectivity index (χ0n) is 6.05. The zero-order chi connectivity index (χ0) is 7.14. The molecule has 0 spiro atoms. The molecule has 2 heterocycles. The highest BCUT2D eigenvalue weighted by Crippen LogP contribution is 2.13. The van der Waals surface area contributed by atoms with Crippen LogP contribution >= 0.6 is 0 Å². The number of nitrogens with one attached hydrogen (secondary N) is 1. The summed E-state index contributed by atoms with van der Waals surface area (Å²) in [6.07, 6.45) is 1.91. The lowest BCUT2D eigenvalue weighted by molar-refractivity contribution is 0.747. The standard InChI is InChI=1S/C7H9N3.H2/c1-5-6-3-4-8-7(6)9-10(5)2;/h3-4H,1-2H3,(H,8,9);1H. The maximum Gasteiger partial charge on any atom is 0.159 e. The molecular weight excluding hydrogens is 126 g/mol. The number of aryl methyl sites for hydroxylation is 2. The van der Waals surface area contributed by atoms with Gasteiger partial charge in [-0.1, -0.05) is 0 Å². The first-order valence-corrected chi connectivity index (χ1v) is 3.26. The fourth-order valence-electron chi connectivity index (χ4n) is 1.13. The monoisotopic (exact) mass is 137 g/mol. The van der Waals surface area contributed by atoms with Gasteiger partial charge in [-0.15, -0.1) is 0 Å². The van der Waals surface area contributed by atoms with Gasteiger partial charge in [0.15, 0.2) is 5.65 Å². The Bertz CT molecular complexity index is 361. The highest BCUT2D eigenvalue weighted by Gasteiger charge is 2.02. The molecule has 0 unspecified atom stereocenters. The van der Waals surface area contributed by atoms with E-state index in [1.165, 1.54) is 11.1 Å². The molecule has 0 aliphatic rings. The molecule has 0 aliphatic carbocycles. The van der Waals surface area contributed by atoms with Crippen LogP contribution in [0.2, 0.25) is 0 Å². The molecule has 2 rings (SSSR count). The Kier molecular flexibility index (Phi) is 0.897. The lowest BCUT2D eigenvalue weighted by Gasteiger charge is -1.89. The Labute approximate surface area is 60.1 Å². The number of aromatic nitrogens is 3. The van der Waals surface area contributed by atoms with Crippen molar-refractivity contribution < 1.29 is 1.43 Å². The van der Waals surface area contributed by atoms with Crippen LogP contribution in [0.3, 0.4) is 0 Å². The van der Waals surface area contributed by atoms with Crippen molar-refractivity contribution in [3.05, 3.63) is 18.0 Å². The largest absolute Gasteiger partial charge is 0.345 e. The van der Waals surface area contributed by atoms with Gasteiger partial charge in [0.05, 0.1) is 0 Å². The van der Waals surface area contributed by atoms with E-state index in [4.69, 9.17) is 0 Å². The van der Waals surface area contributed by atoms with Crippen molar-refractivity contribution in [2.45, 2.75) is 6.92 Å². The topological polar surface area (TPSA) is 33.6 Å². The normalized spacial score (nSPS) is 11.0. The predicted molar refractivity (Wildman–Crippen MR) is 41.9 cm³/mol. The van der Waals surface area contributed by atoms with Gasteiger partial charge >= 0.3 is 0 Å². The molecule has 0 fully saturated rings. The van der Waals surface area contributed by atoms with Gasteiger partial charge in [-0.05, 0) is 13.0 Å². The van der Waals surface area contributed by atoms with Crippen LogP contribution in [0.1, 0.15) is 7.12 Å². The second-order valence-electron chi connectivity index (χ2n) is 2.45. The second kappa shape index (κ2) is 1.62. The summed E-state index contributed by atoms with van der Waals surface area (Å²) in [5.41, 5.74) is 2.18. The van der Waals surface area contributed by atoms with Gasteiger partial charge in [0.1, 0.15) is 0 Å². The Hall–Kier alpha value is -1.25. The maximum absolute atomic E-state index is 4.23. The van der Waals surface area contributed by atoms with Crippen LogP contribution in [0.15, 0.2) is 12.3 Å². The summed E-state index contributed by atoms with van der Waals surface area (Å²) in [6, 6.07) is 2.04. The van der Waals surface area contributed by atoms with E-state index < -0.39 is 0 Å². The molecule has 0 aromatic carbocycles.